The van der Waals surface area contributed by atoms with Gasteiger partial charge in [0.1, 0.15) is 17.1 Å². The predicted octanol–water partition coefficient (Wildman–Crippen LogP) is 4.11. The number of carbonyl (C=O) groups excluding carboxylic acids is 1. The first kappa shape index (κ1) is 22.8. The maximum absolute atomic E-state index is 12.9. The number of aryl methyl sites for hydroxylation is 1. The van der Waals surface area contributed by atoms with Gasteiger partial charge in [0.25, 0.3) is 0 Å². The number of benzene rings is 1. The predicted molar refractivity (Wildman–Crippen MR) is 126 cm³/mol. The van der Waals surface area contributed by atoms with E-state index in [2.05, 4.69) is 16.7 Å². The van der Waals surface area contributed by atoms with Crippen LogP contribution in [0, 0.1) is 11.3 Å². The van der Waals surface area contributed by atoms with Crippen molar-refractivity contribution in [3.63, 3.8) is 0 Å². The van der Waals surface area contributed by atoms with Crippen LogP contribution in [0.5, 0.6) is 0 Å². The summed E-state index contributed by atoms with van der Waals surface area (Å²) in [5.74, 6) is -0.259. The molecule has 0 radical (unpaired) electrons. The molecule has 0 bridgehead atoms. The van der Waals surface area contributed by atoms with Crippen molar-refractivity contribution in [1.29, 1.82) is 5.26 Å². The average molecular weight is 473 g/mol. The first-order valence-electron chi connectivity index (χ1n) is 11.1. The number of nitrogens with zero attached hydrogens (tertiary/aromatic N) is 2. The van der Waals surface area contributed by atoms with E-state index >= 15 is 0 Å². The number of thiophene rings is 1. The van der Waals surface area contributed by atoms with E-state index in [4.69, 9.17) is 0 Å². The van der Waals surface area contributed by atoms with Crippen LogP contribution in [0.3, 0.4) is 0 Å². The minimum atomic E-state index is -3.52. The fourth-order valence-corrected chi connectivity index (χ4v) is 7.11. The molecule has 1 amide bonds. The third kappa shape index (κ3) is 4.68. The van der Waals surface area contributed by atoms with E-state index in [1.165, 1.54) is 26.9 Å². The number of anilines is 2. The summed E-state index contributed by atoms with van der Waals surface area (Å²) in [5, 5.41) is 16.3. The van der Waals surface area contributed by atoms with Crippen LogP contribution < -0.4 is 10.6 Å². The minimum Gasteiger partial charge on any atom is -0.374 e. The van der Waals surface area contributed by atoms with Gasteiger partial charge >= 0.3 is 0 Å². The van der Waals surface area contributed by atoms with E-state index in [0.717, 1.165) is 44.1 Å². The van der Waals surface area contributed by atoms with Crippen LogP contribution in [-0.4, -0.2) is 37.8 Å². The first-order chi connectivity index (χ1) is 15.4. The van der Waals surface area contributed by atoms with Gasteiger partial charge in [0.05, 0.1) is 10.5 Å². The Morgan fingerprint density at radius 3 is 2.66 bits per heavy atom. The number of amides is 1. The maximum atomic E-state index is 12.9. The first-order valence-corrected chi connectivity index (χ1v) is 13.4. The standard InChI is InChI=1S/C23H28N4O3S2/c1-16(22(28)26-23-20(15-24)19-10-3-2-4-11-21(19)31-23)25-17-8-7-9-18(14-17)32(29,30)27-12-5-6-13-27/h7-9,14,16,25H,2-6,10-13H2,1H3,(H,26,28). The van der Waals surface area contributed by atoms with Gasteiger partial charge in [0, 0.05) is 23.7 Å². The molecule has 170 valence electrons. The van der Waals surface area contributed by atoms with Gasteiger partial charge in [0.15, 0.2) is 0 Å². The highest BCUT2D eigenvalue weighted by Crippen LogP contribution is 2.37. The summed E-state index contributed by atoms with van der Waals surface area (Å²) in [7, 11) is -3.52. The number of sulfonamides is 1. The summed E-state index contributed by atoms with van der Waals surface area (Å²) in [4.78, 5) is 14.3. The van der Waals surface area contributed by atoms with Crippen molar-refractivity contribution >= 4 is 38.0 Å². The van der Waals surface area contributed by atoms with E-state index in [9.17, 15) is 18.5 Å². The number of nitriles is 1. The Bertz CT molecular complexity index is 1140. The fraction of sp³-hybridized carbons (Fsp3) is 0.478. The third-order valence-electron chi connectivity index (χ3n) is 6.08. The van der Waals surface area contributed by atoms with Gasteiger partial charge in [-0.2, -0.15) is 9.57 Å². The van der Waals surface area contributed by atoms with Gasteiger partial charge in [-0.15, -0.1) is 11.3 Å². The second-order valence-corrected chi connectivity index (χ2v) is 11.4. The SMILES string of the molecule is CC(Nc1cccc(S(=O)(=O)N2CCCC2)c1)C(=O)Nc1sc2c(c1C#N)CCCCC2. The van der Waals surface area contributed by atoms with Gasteiger partial charge in [-0.1, -0.05) is 12.5 Å². The molecule has 1 saturated heterocycles. The summed E-state index contributed by atoms with van der Waals surface area (Å²) >= 11 is 1.50. The summed E-state index contributed by atoms with van der Waals surface area (Å²) < 4.78 is 27.2. The molecule has 2 heterocycles. The Kier molecular flexibility index (Phi) is 6.84. The topological polar surface area (TPSA) is 102 Å². The molecule has 1 aromatic heterocycles. The lowest BCUT2D eigenvalue weighted by Crippen LogP contribution is -2.32. The summed E-state index contributed by atoms with van der Waals surface area (Å²) in [5.41, 5.74) is 2.24. The number of rotatable bonds is 6. The minimum absolute atomic E-state index is 0.228. The summed E-state index contributed by atoms with van der Waals surface area (Å²) in [6, 6.07) is 8.27. The number of carbonyl (C=O) groups is 1. The lowest BCUT2D eigenvalue weighted by Gasteiger charge is -2.18. The lowest BCUT2D eigenvalue weighted by molar-refractivity contribution is -0.116. The van der Waals surface area contributed by atoms with Crippen molar-refractivity contribution in [2.75, 3.05) is 23.7 Å². The summed E-state index contributed by atoms with van der Waals surface area (Å²) in [6.07, 6.45) is 6.95. The molecule has 0 saturated carbocycles. The van der Waals surface area contributed by atoms with Crippen molar-refractivity contribution in [1.82, 2.24) is 4.31 Å². The molecule has 1 unspecified atom stereocenters. The molecule has 0 spiro atoms. The lowest BCUT2D eigenvalue weighted by atomic mass is 10.1. The van der Waals surface area contributed by atoms with E-state index < -0.39 is 16.1 Å². The molecule has 2 aliphatic rings. The highest BCUT2D eigenvalue weighted by molar-refractivity contribution is 7.89. The second kappa shape index (κ2) is 9.61. The van der Waals surface area contributed by atoms with Crippen LogP contribution in [0.2, 0.25) is 0 Å². The smallest absolute Gasteiger partial charge is 0.247 e. The van der Waals surface area contributed by atoms with Crippen LogP contribution in [0.1, 0.15) is 55.0 Å². The van der Waals surface area contributed by atoms with Crippen LogP contribution >= 0.6 is 11.3 Å². The average Bonchev–Trinajstić information content (AvgIpc) is 3.37. The molecule has 1 aliphatic heterocycles. The van der Waals surface area contributed by atoms with Crippen molar-refractivity contribution in [2.24, 2.45) is 0 Å². The van der Waals surface area contributed by atoms with Gasteiger partial charge in [0.2, 0.25) is 15.9 Å². The quantitative estimate of drug-likeness (QED) is 0.616. The van der Waals surface area contributed by atoms with Crippen molar-refractivity contribution in [2.45, 2.75) is 62.8 Å². The molecule has 7 nitrogen and oxygen atoms in total. The highest BCUT2D eigenvalue weighted by Gasteiger charge is 2.28. The van der Waals surface area contributed by atoms with E-state index in [0.29, 0.717) is 29.3 Å². The zero-order valence-corrected chi connectivity index (χ0v) is 19.8. The number of fused-ring (bicyclic) bond motifs is 1. The number of nitrogens with one attached hydrogen (secondary N) is 2. The van der Waals surface area contributed by atoms with Crippen molar-refractivity contribution in [3.05, 3.63) is 40.3 Å². The van der Waals surface area contributed by atoms with Crippen LogP contribution in [0.15, 0.2) is 29.2 Å². The van der Waals surface area contributed by atoms with Crippen LogP contribution in [-0.2, 0) is 27.7 Å². The van der Waals surface area contributed by atoms with Gasteiger partial charge in [-0.3, -0.25) is 4.79 Å². The van der Waals surface area contributed by atoms with Gasteiger partial charge < -0.3 is 10.6 Å². The van der Waals surface area contributed by atoms with E-state index in [1.54, 1.807) is 31.2 Å². The van der Waals surface area contributed by atoms with Crippen molar-refractivity contribution in [3.8, 4) is 6.07 Å². The Morgan fingerprint density at radius 1 is 1.16 bits per heavy atom. The fourth-order valence-electron chi connectivity index (χ4n) is 4.31. The van der Waals surface area contributed by atoms with Gasteiger partial charge in [-0.05, 0) is 69.2 Å². The molecular weight excluding hydrogens is 444 g/mol. The molecule has 4 rings (SSSR count). The maximum Gasteiger partial charge on any atom is 0.247 e. The molecule has 1 aliphatic carbocycles. The largest absolute Gasteiger partial charge is 0.374 e. The second-order valence-electron chi connectivity index (χ2n) is 8.37. The molecule has 2 N–H and O–H groups in total. The zero-order valence-electron chi connectivity index (χ0n) is 18.2. The zero-order chi connectivity index (χ0) is 22.7. The Morgan fingerprint density at radius 2 is 1.91 bits per heavy atom. The van der Waals surface area contributed by atoms with Gasteiger partial charge in [-0.25, -0.2) is 8.42 Å². The van der Waals surface area contributed by atoms with Crippen LogP contribution in [0.4, 0.5) is 10.7 Å². The van der Waals surface area contributed by atoms with E-state index in [-0.39, 0.29) is 10.8 Å². The summed E-state index contributed by atoms with van der Waals surface area (Å²) in [6.45, 7) is 2.82. The Hall–Kier alpha value is -2.41. The van der Waals surface area contributed by atoms with Crippen LogP contribution in [0.25, 0.3) is 0 Å². The highest BCUT2D eigenvalue weighted by atomic mass is 32.2. The molecule has 1 aromatic carbocycles. The molecule has 1 fully saturated rings. The number of hydrogen-bond acceptors (Lipinski definition) is 6. The normalized spacial score (nSPS) is 17.8. The molecule has 1 atom stereocenters. The van der Waals surface area contributed by atoms with Crippen molar-refractivity contribution < 1.29 is 13.2 Å². The molecule has 9 heteroatoms. The number of hydrogen-bond donors (Lipinski definition) is 2. The monoisotopic (exact) mass is 472 g/mol. The third-order valence-corrected chi connectivity index (χ3v) is 9.19. The molecule has 32 heavy (non-hydrogen) atoms. The van der Waals surface area contributed by atoms with E-state index in [1.807, 2.05) is 0 Å². The molecular formula is C23H28N4O3S2. The Labute approximate surface area is 193 Å². The molecule has 2 aromatic rings. The Balaban J connectivity index is 1.46.